The molecule has 0 radical (unpaired) electrons. The largest absolute Gasteiger partial charge is 0.395 e. The molecule has 0 amide bonds. The number of nitrogens with two attached hydrogens (primary N) is 1. The van der Waals surface area contributed by atoms with Crippen LogP contribution in [0.15, 0.2) is 12.3 Å². The number of likely N-dealkylation sites (tertiary alicyclic amines) is 1. The number of nitrogen functional groups attached to an aromatic ring is 1. The SMILES string of the molecule is Nc1nccc(C2CCCN(CCO)C2)n1. The molecule has 0 bridgehead atoms. The first-order valence-corrected chi connectivity index (χ1v) is 5.71. The van der Waals surface area contributed by atoms with E-state index in [-0.39, 0.29) is 6.61 Å². The van der Waals surface area contributed by atoms with E-state index in [0.717, 1.165) is 38.2 Å². The molecule has 5 heteroatoms. The fourth-order valence-electron chi connectivity index (χ4n) is 2.26. The third-order valence-electron chi connectivity index (χ3n) is 3.04. The minimum absolute atomic E-state index is 0.221. The van der Waals surface area contributed by atoms with Crippen LogP contribution in [0.2, 0.25) is 0 Å². The van der Waals surface area contributed by atoms with Crippen molar-refractivity contribution in [2.75, 3.05) is 32.0 Å². The zero-order valence-electron chi connectivity index (χ0n) is 9.34. The molecule has 1 unspecified atom stereocenters. The summed E-state index contributed by atoms with van der Waals surface area (Å²) in [4.78, 5) is 10.4. The van der Waals surface area contributed by atoms with Gasteiger partial charge in [0.2, 0.25) is 5.95 Å². The highest BCUT2D eigenvalue weighted by molar-refractivity contribution is 5.20. The second kappa shape index (κ2) is 5.23. The van der Waals surface area contributed by atoms with Crippen molar-refractivity contribution in [2.45, 2.75) is 18.8 Å². The average Bonchev–Trinajstić information content (AvgIpc) is 2.30. The summed E-state index contributed by atoms with van der Waals surface area (Å²) in [5.41, 5.74) is 6.61. The number of aromatic nitrogens is 2. The van der Waals surface area contributed by atoms with Gasteiger partial charge in [-0.15, -0.1) is 0 Å². The lowest BCUT2D eigenvalue weighted by Gasteiger charge is -2.31. The van der Waals surface area contributed by atoms with Gasteiger partial charge < -0.3 is 15.7 Å². The van der Waals surface area contributed by atoms with E-state index >= 15 is 0 Å². The normalized spacial score (nSPS) is 22.2. The molecule has 16 heavy (non-hydrogen) atoms. The van der Waals surface area contributed by atoms with E-state index in [1.165, 1.54) is 0 Å². The number of aliphatic hydroxyl groups excluding tert-OH is 1. The molecule has 88 valence electrons. The van der Waals surface area contributed by atoms with Gasteiger partial charge in [-0.2, -0.15) is 0 Å². The van der Waals surface area contributed by atoms with E-state index < -0.39 is 0 Å². The van der Waals surface area contributed by atoms with Crippen LogP contribution in [0.5, 0.6) is 0 Å². The first-order chi connectivity index (χ1) is 7.79. The molecule has 1 fully saturated rings. The van der Waals surface area contributed by atoms with Gasteiger partial charge in [0, 0.05) is 25.2 Å². The van der Waals surface area contributed by atoms with Crippen molar-refractivity contribution < 1.29 is 5.11 Å². The van der Waals surface area contributed by atoms with Crippen LogP contribution in [0, 0.1) is 0 Å². The molecule has 1 aromatic heterocycles. The highest BCUT2D eigenvalue weighted by atomic mass is 16.3. The molecule has 1 aliphatic rings. The van der Waals surface area contributed by atoms with Crippen molar-refractivity contribution in [1.29, 1.82) is 0 Å². The molecule has 0 aliphatic carbocycles. The predicted molar refractivity (Wildman–Crippen MR) is 61.9 cm³/mol. The maximum absolute atomic E-state index is 8.93. The summed E-state index contributed by atoms with van der Waals surface area (Å²) < 4.78 is 0. The van der Waals surface area contributed by atoms with Gasteiger partial charge in [-0.05, 0) is 25.5 Å². The van der Waals surface area contributed by atoms with Crippen LogP contribution in [0.25, 0.3) is 0 Å². The highest BCUT2D eigenvalue weighted by Gasteiger charge is 2.21. The van der Waals surface area contributed by atoms with Crippen LogP contribution in [0.4, 0.5) is 5.95 Å². The summed E-state index contributed by atoms with van der Waals surface area (Å²) in [5, 5.41) is 8.93. The van der Waals surface area contributed by atoms with Gasteiger partial charge in [-0.25, -0.2) is 9.97 Å². The number of piperidine rings is 1. The molecular formula is C11H18N4O. The summed E-state index contributed by atoms with van der Waals surface area (Å²) in [5.74, 6) is 0.766. The molecule has 0 saturated carbocycles. The van der Waals surface area contributed by atoms with E-state index in [1.807, 2.05) is 6.07 Å². The Bertz CT molecular complexity index is 343. The summed E-state index contributed by atoms with van der Waals surface area (Å²) in [7, 11) is 0. The second-order valence-electron chi connectivity index (χ2n) is 4.20. The number of hydrogen-bond donors (Lipinski definition) is 2. The molecule has 0 aromatic carbocycles. The van der Waals surface area contributed by atoms with Crippen molar-refractivity contribution in [3.8, 4) is 0 Å². The summed E-state index contributed by atoms with van der Waals surface area (Å²) >= 11 is 0. The number of nitrogens with zero attached hydrogens (tertiary/aromatic N) is 3. The number of aliphatic hydroxyl groups is 1. The summed E-state index contributed by atoms with van der Waals surface area (Å²) in [6, 6.07) is 1.93. The minimum Gasteiger partial charge on any atom is -0.395 e. The Balaban J connectivity index is 2.03. The molecule has 2 rings (SSSR count). The van der Waals surface area contributed by atoms with Gasteiger partial charge in [0.25, 0.3) is 0 Å². The molecule has 1 aliphatic heterocycles. The standard InChI is InChI=1S/C11H18N4O/c12-11-13-4-3-10(14-11)9-2-1-5-15(8-9)6-7-16/h3-4,9,16H,1-2,5-8H2,(H2,12,13,14). The van der Waals surface area contributed by atoms with Crippen molar-refractivity contribution in [1.82, 2.24) is 14.9 Å². The van der Waals surface area contributed by atoms with Crippen LogP contribution >= 0.6 is 0 Å². The Morgan fingerprint density at radius 1 is 1.56 bits per heavy atom. The van der Waals surface area contributed by atoms with E-state index in [4.69, 9.17) is 10.8 Å². The number of anilines is 1. The molecule has 0 spiro atoms. The van der Waals surface area contributed by atoms with Crippen LogP contribution in [0.3, 0.4) is 0 Å². The van der Waals surface area contributed by atoms with Crippen LogP contribution < -0.4 is 5.73 Å². The van der Waals surface area contributed by atoms with Gasteiger partial charge in [-0.3, -0.25) is 0 Å². The summed E-state index contributed by atoms with van der Waals surface area (Å²) in [6.07, 6.45) is 4.00. The van der Waals surface area contributed by atoms with Crippen molar-refractivity contribution in [3.05, 3.63) is 18.0 Å². The quantitative estimate of drug-likeness (QED) is 0.765. The van der Waals surface area contributed by atoms with Gasteiger partial charge in [-0.1, -0.05) is 0 Å². The lowest BCUT2D eigenvalue weighted by Crippen LogP contribution is -2.36. The molecule has 2 heterocycles. The molecule has 3 N–H and O–H groups in total. The zero-order valence-corrected chi connectivity index (χ0v) is 9.34. The Hall–Kier alpha value is -1.20. The third-order valence-corrected chi connectivity index (χ3v) is 3.04. The lowest BCUT2D eigenvalue weighted by molar-refractivity contribution is 0.160. The second-order valence-corrected chi connectivity index (χ2v) is 4.20. The fraction of sp³-hybridized carbons (Fsp3) is 0.636. The monoisotopic (exact) mass is 222 g/mol. The Morgan fingerprint density at radius 3 is 3.19 bits per heavy atom. The van der Waals surface area contributed by atoms with E-state index in [9.17, 15) is 0 Å². The average molecular weight is 222 g/mol. The van der Waals surface area contributed by atoms with Gasteiger partial charge in [0.1, 0.15) is 0 Å². The molecule has 1 atom stereocenters. The van der Waals surface area contributed by atoms with E-state index in [2.05, 4.69) is 14.9 Å². The van der Waals surface area contributed by atoms with Crippen LogP contribution in [-0.2, 0) is 0 Å². The van der Waals surface area contributed by atoms with Gasteiger partial charge in [0.15, 0.2) is 0 Å². The minimum atomic E-state index is 0.221. The maximum Gasteiger partial charge on any atom is 0.220 e. The predicted octanol–water partition coefficient (Wildman–Crippen LogP) is 0.230. The highest BCUT2D eigenvalue weighted by Crippen LogP contribution is 2.25. The molecule has 1 saturated heterocycles. The topological polar surface area (TPSA) is 75.3 Å². The van der Waals surface area contributed by atoms with E-state index in [1.54, 1.807) is 6.20 Å². The smallest absolute Gasteiger partial charge is 0.220 e. The van der Waals surface area contributed by atoms with E-state index in [0.29, 0.717) is 11.9 Å². The number of hydrogen-bond acceptors (Lipinski definition) is 5. The Labute approximate surface area is 95.3 Å². The lowest BCUT2D eigenvalue weighted by atomic mass is 9.94. The fourth-order valence-corrected chi connectivity index (χ4v) is 2.26. The first kappa shape index (κ1) is 11.3. The maximum atomic E-state index is 8.93. The van der Waals surface area contributed by atoms with Crippen LogP contribution in [-0.4, -0.2) is 46.2 Å². The van der Waals surface area contributed by atoms with Crippen molar-refractivity contribution >= 4 is 5.95 Å². The Kier molecular flexibility index (Phi) is 3.69. The molecular weight excluding hydrogens is 204 g/mol. The van der Waals surface area contributed by atoms with Crippen molar-refractivity contribution in [2.24, 2.45) is 0 Å². The molecule has 1 aromatic rings. The number of rotatable bonds is 3. The number of β-amino-alcohol motifs (C(OH)–C–C–N with tert-alkyl or cyclic N) is 1. The first-order valence-electron chi connectivity index (χ1n) is 5.71. The van der Waals surface area contributed by atoms with Crippen molar-refractivity contribution in [3.63, 3.8) is 0 Å². The third kappa shape index (κ3) is 2.68. The molecule has 5 nitrogen and oxygen atoms in total. The summed E-state index contributed by atoms with van der Waals surface area (Å²) in [6.45, 7) is 2.99. The Morgan fingerprint density at radius 2 is 2.44 bits per heavy atom. The van der Waals surface area contributed by atoms with Crippen LogP contribution in [0.1, 0.15) is 24.5 Å². The van der Waals surface area contributed by atoms with Gasteiger partial charge >= 0.3 is 0 Å². The van der Waals surface area contributed by atoms with Gasteiger partial charge in [0.05, 0.1) is 12.3 Å². The zero-order chi connectivity index (χ0) is 11.4.